The zero-order valence-corrected chi connectivity index (χ0v) is 18.5. The van der Waals surface area contributed by atoms with Gasteiger partial charge in [-0.3, -0.25) is 0 Å². The molecule has 5 aromatic carbocycles. The molecular weight excluding hydrogens is 412 g/mol. The first-order valence-electron chi connectivity index (χ1n) is 11.7. The van der Waals surface area contributed by atoms with E-state index in [-0.39, 0.29) is 0 Å². The number of fused-ring (bicyclic) bond motifs is 9. The molecular formula is C32H20N2. The molecule has 0 unspecified atom stereocenters. The van der Waals surface area contributed by atoms with Gasteiger partial charge in [0.25, 0.3) is 0 Å². The van der Waals surface area contributed by atoms with Gasteiger partial charge in [0.2, 0.25) is 0 Å². The predicted octanol–water partition coefficient (Wildman–Crippen LogP) is 8.71. The lowest BCUT2D eigenvalue weighted by molar-refractivity contribution is 1.30. The van der Waals surface area contributed by atoms with Crippen LogP contribution in [0.15, 0.2) is 110 Å². The van der Waals surface area contributed by atoms with E-state index in [0.717, 1.165) is 0 Å². The monoisotopic (exact) mass is 432 g/mol. The molecule has 8 aromatic rings. The summed E-state index contributed by atoms with van der Waals surface area (Å²) in [5.74, 6) is 0. The quantitative estimate of drug-likeness (QED) is 0.258. The van der Waals surface area contributed by atoms with Crippen molar-refractivity contribution in [2.24, 2.45) is 0 Å². The lowest BCUT2D eigenvalue weighted by Gasteiger charge is -2.06. The van der Waals surface area contributed by atoms with Gasteiger partial charge in [-0.05, 0) is 53.6 Å². The molecule has 0 aliphatic carbocycles. The van der Waals surface area contributed by atoms with Gasteiger partial charge >= 0.3 is 0 Å². The smallest absolute Gasteiger partial charge is 0.0620 e. The molecule has 8 rings (SSSR count). The fourth-order valence-corrected chi connectivity index (χ4v) is 6.00. The maximum atomic E-state index is 4.05. The van der Waals surface area contributed by atoms with Gasteiger partial charge in [0.15, 0.2) is 0 Å². The van der Waals surface area contributed by atoms with Gasteiger partial charge in [-0.15, -0.1) is 0 Å². The molecule has 3 heterocycles. The number of para-hydroxylation sites is 3. The highest BCUT2D eigenvalue weighted by Gasteiger charge is 2.18. The van der Waals surface area contributed by atoms with E-state index < -0.39 is 0 Å². The molecule has 0 radical (unpaired) electrons. The second-order valence-corrected chi connectivity index (χ2v) is 9.09. The minimum Gasteiger partial charge on any atom is -0.317 e. The van der Waals surface area contributed by atoms with Crippen molar-refractivity contribution in [3.05, 3.63) is 110 Å². The van der Waals surface area contributed by atoms with Crippen LogP contribution in [-0.4, -0.2) is 8.97 Å². The van der Waals surface area contributed by atoms with Crippen LogP contribution in [0.2, 0.25) is 0 Å². The van der Waals surface area contributed by atoms with E-state index >= 15 is 0 Å². The van der Waals surface area contributed by atoms with E-state index in [9.17, 15) is 0 Å². The Kier molecular flexibility index (Phi) is 3.31. The third kappa shape index (κ3) is 2.11. The van der Waals surface area contributed by atoms with Crippen LogP contribution in [0.5, 0.6) is 0 Å². The van der Waals surface area contributed by atoms with Crippen LogP contribution >= 0.6 is 0 Å². The summed E-state index contributed by atoms with van der Waals surface area (Å²) in [6.07, 6.45) is 1.91. The molecule has 3 aromatic heterocycles. The first-order valence-corrected chi connectivity index (χ1v) is 11.7. The molecule has 0 amide bonds. The van der Waals surface area contributed by atoms with Crippen LogP contribution in [0, 0.1) is 0 Å². The summed E-state index contributed by atoms with van der Waals surface area (Å²) in [7, 11) is 0. The molecule has 0 saturated carbocycles. The Morgan fingerprint density at radius 2 is 0.971 bits per heavy atom. The van der Waals surface area contributed by atoms with Crippen molar-refractivity contribution in [2.45, 2.75) is 0 Å². The molecule has 34 heavy (non-hydrogen) atoms. The summed E-state index contributed by atoms with van der Waals surface area (Å²) in [5, 5.41) is 7.75. The van der Waals surface area contributed by atoms with E-state index in [1.54, 1.807) is 0 Å². The normalized spacial score (nSPS) is 12.2. The molecule has 0 aliphatic heterocycles. The lowest BCUT2D eigenvalue weighted by atomic mass is 9.98. The lowest BCUT2D eigenvalue weighted by Crippen LogP contribution is -1.84. The number of benzene rings is 5. The van der Waals surface area contributed by atoms with Crippen LogP contribution in [0.4, 0.5) is 0 Å². The molecule has 0 N–H and O–H groups in total. The van der Waals surface area contributed by atoms with Gasteiger partial charge in [0, 0.05) is 38.5 Å². The molecule has 0 spiro atoms. The highest BCUT2D eigenvalue weighted by molar-refractivity contribution is 6.24. The number of hydrogen-bond donors (Lipinski definition) is 0. The highest BCUT2D eigenvalue weighted by Crippen LogP contribution is 2.42. The number of hydrogen-bond acceptors (Lipinski definition) is 0. The van der Waals surface area contributed by atoms with Crippen LogP contribution < -0.4 is 0 Å². The van der Waals surface area contributed by atoms with E-state index in [0.29, 0.717) is 0 Å². The zero-order chi connectivity index (χ0) is 22.4. The third-order valence-corrected chi connectivity index (χ3v) is 7.43. The Labute approximate surface area is 195 Å². The van der Waals surface area contributed by atoms with E-state index in [1.807, 2.05) is 6.20 Å². The van der Waals surface area contributed by atoms with Crippen molar-refractivity contribution in [1.82, 2.24) is 8.97 Å². The fraction of sp³-hybridized carbons (Fsp3) is 0. The van der Waals surface area contributed by atoms with Crippen molar-refractivity contribution in [3.63, 3.8) is 0 Å². The van der Waals surface area contributed by atoms with E-state index in [1.165, 1.54) is 71.0 Å². The summed E-state index contributed by atoms with van der Waals surface area (Å²) < 4.78 is 4.61. The van der Waals surface area contributed by atoms with Crippen molar-refractivity contribution in [3.8, 4) is 11.1 Å². The molecule has 0 saturated heterocycles. The molecule has 0 atom stereocenters. The average Bonchev–Trinajstić information content (AvgIpc) is 3.52. The summed E-state index contributed by atoms with van der Waals surface area (Å²) in [6, 6.07) is 37.6. The maximum Gasteiger partial charge on any atom is 0.0620 e. The Morgan fingerprint density at radius 3 is 1.59 bits per heavy atom. The standard InChI is InChI=1S/C32H20N2/c1-2-33-28-12-6-3-9-22(28)25-17-20(15-16-29(25)33)21-18-26-23-10-4-7-13-30(23)34-31-14-8-5-11-24(31)27(19-21)32(26)34/h2-19H,1H2. The van der Waals surface area contributed by atoms with Crippen LogP contribution in [0.25, 0.3) is 77.2 Å². The van der Waals surface area contributed by atoms with Crippen molar-refractivity contribution < 1.29 is 0 Å². The number of aromatic nitrogens is 2. The molecule has 2 heteroatoms. The topological polar surface area (TPSA) is 9.34 Å². The molecule has 0 bridgehead atoms. The van der Waals surface area contributed by atoms with Gasteiger partial charge < -0.3 is 8.97 Å². The van der Waals surface area contributed by atoms with Gasteiger partial charge in [0.1, 0.15) is 0 Å². The summed E-state index contributed by atoms with van der Waals surface area (Å²) in [6.45, 7) is 4.05. The number of rotatable bonds is 2. The Balaban J connectivity index is 1.51. The van der Waals surface area contributed by atoms with E-state index in [4.69, 9.17) is 0 Å². The first-order chi connectivity index (χ1) is 16.8. The van der Waals surface area contributed by atoms with Gasteiger partial charge in [0.05, 0.1) is 27.6 Å². The average molecular weight is 433 g/mol. The number of nitrogens with zero attached hydrogens (tertiary/aromatic N) is 2. The van der Waals surface area contributed by atoms with E-state index in [2.05, 4.69) is 119 Å². The zero-order valence-electron chi connectivity index (χ0n) is 18.5. The fourth-order valence-electron chi connectivity index (χ4n) is 6.00. The van der Waals surface area contributed by atoms with Gasteiger partial charge in [-0.1, -0.05) is 67.2 Å². The Bertz CT molecular complexity index is 2000. The second-order valence-electron chi connectivity index (χ2n) is 9.09. The minimum atomic E-state index is 1.19. The Morgan fingerprint density at radius 1 is 0.471 bits per heavy atom. The van der Waals surface area contributed by atoms with Gasteiger partial charge in [-0.2, -0.15) is 0 Å². The van der Waals surface area contributed by atoms with Crippen LogP contribution in [0.1, 0.15) is 0 Å². The highest BCUT2D eigenvalue weighted by atomic mass is 14.9. The van der Waals surface area contributed by atoms with Crippen molar-refractivity contribution >= 4 is 66.1 Å². The van der Waals surface area contributed by atoms with Crippen molar-refractivity contribution in [2.75, 3.05) is 0 Å². The van der Waals surface area contributed by atoms with Crippen molar-refractivity contribution in [1.29, 1.82) is 0 Å². The summed E-state index contributed by atoms with van der Waals surface area (Å²) in [4.78, 5) is 0. The summed E-state index contributed by atoms with van der Waals surface area (Å²) in [5.41, 5.74) is 8.72. The second kappa shape index (κ2) is 6.27. The largest absolute Gasteiger partial charge is 0.317 e. The van der Waals surface area contributed by atoms with Crippen LogP contribution in [0.3, 0.4) is 0 Å². The third-order valence-electron chi connectivity index (χ3n) is 7.43. The molecule has 0 aliphatic rings. The molecule has 158 valence electrons. The molecule has 0 fully saturated rings. The minimum absolute atomic E-state index is 1.19. The predicted molar refractivity (Wildman–Crippen MR) is 146 cm³/mol. The van der Waals surface area contributed by atoms with Crippen LogP contribution in [-0.2, 0) is 0 Å². The Hall–Kier alpha value is -4.56. The maximum absolute atomic E-state index is 4.05. The molecule has 2 nitrogen and oxygen atoms in total. The van der Waals surface area contributed by atoms with Gasteiger partial charge in [-0.25, -0.2) is 0 Å². The SMILES string of the molecule is C=Cn1c2ccccc2c2cc(-c3cc4c5ccccc5n5c6ccccc6c(c3)c45)ccc21. The summed E-state index contributed by atoms with van der Waals surface area (Å²) >= 11 is 0. The first kappa shape index (κ1) is 17.9.